The Hall–Kier alpha value is -3.57. The fourth-order valence-corrected chi connectivity index (χ4v) is 5.08. The van der Waals surface area contributed by atoms with Gasteiger partial charge in [0.05, 0.1) is 91.1 Å². The van der Waals surface area contributed by atoms with Crippen LogP contribution in [0.15, 0.2) is 48.5 Å². The molecular weight excluding hydrogens is 874 g/mol. The van der Waals surface area contributed by atoms with Crippen LogP contribution in [0.2, 0.25) is 0 Å². The minimum Gasteiger partial charge on any atom is -0.550 e. The molecule has 0 unspecified atom stereocenters. The second-order valence-electron chi connectivity index (χ2n) is 10.8. The van der Waals surface area contributed by atoms with Crippen molar-refractivity contribution in [2.75, 3.05) is 85.3 Å². The van der Waals surface area contributed by atoms with E-state index < -0.39 is 0 Å². The van der Waals surface area contributed by atoms with Gasteiger partial charge in [-0.25, -0.2) is 0 Å². The SMILES string of the molecule is CCc1cc(OC)c(OC)c(OC)c1.CCc1ccc(OC)c(OC)c1OC.[CH2-]c1cc(OC)c(OC)c(OC)c1.[CH2-]c1ccc(OC)c(OC)c1OC.[Y].[Y]. The zero-order chi connectivity index (χ0) is 40.8. The maximum Gasteiger partial charge on any atom is 0.203 e. The van der Waals surface area contributed by atoms with Gasteiger partial charge >= 0.3 is 0 Å². The Morgan fingerprint density at radius 3 is 1.02 bits per heavy atom. The number of benzene rings is 4. The van der Waals surface area contributed by atoms with Crippen LogP contribution >= 0.6 is 0 Å². The maximum absolute atomic E-state index is 5.30. The topological polar surface area (TPSA) is 111 Å². The summed E-state index contributed by atoms with van der Waals surface area (Å²) < 4.78 is 62.1. The Balaban J connectivity index is 0. The molecule has 0 aromatic heterocycles. The predicted molar refractivity (Wildman–Crippen MR) is 212 cm³/mol. The molecule has 0 spiro atoms. The van der Waals surface area contributed by atoms with Crippen LogP contribution in [0.25, 0.3) is 0 Å². The average molecular weight is 933 g/mol. The van der Waals surface area contributed by atoms with Crippen LogP contribution in [-0.2, 0) is 78.3 Å². The molecule has 0 amide bonds. The fourth-order valence-electron chi connectivity index (χ4n) is 5.08. The molecule has 0 fully saturated rings. The van der Waals surface area contributed by atoms with Gasteiger partial charge in [0.25, 0.3) is 0 Å². The van der Waals surface area contributed by atoms with Crippen molar-refractivity contribution in [1.82, 2.24) is 0 Å². The molecule has 0 bridgehead atoms. The molecule has 0 atom stereocenters. The van der Waals surface area contributed by atoms with E-state index in [4.69, 9.17) is 56.8 Å². The molecule has 0 aliphatic rings. The van der Waals surface area contributed by atoms with Gasteiger partial charge in [-0.1, -0.05) is 26.0 Å². The van der Waals surface area contributed by atoms with Crippen molar-refractivity contribution in [3.05, 3.63) is 84.6 Å². The second-order valence-corrected chi connectivity index (χ2v) is 10.8. The van der Waals surface area contributed by atoms with E-state index in [0.717, 1.165) is 35.3 Å². The average Bonchev–Trinajstić information content (AvgIpc) is 3.22. The zero-order valence-corrected chi connectivity index (χ0v) is 41.2. The molecule has 0 saturated carbocycles. The first-order chi connectivity index (χ1) is 26.0. The van der Waals surface area contributed by atoms with Gasteiger partial charge in [0.15, 0.2) is 28.7 Å². The van der Waals surface area contributed by atoms with E-state index in [9.17, 15) is 0 Å². The normalized spacial score (nSPS) is 9.25. The van der Waals surface area contributed by atoms with E-state index in [0.29, 0.717) is 63.2 Å². The molecular formula is C42H58O12Y2-2. The summed E-state index contributed by atoms with van der Waals surface area (Å²) in [6.45, 7) is 11.8. The van der Waals surface area contributed by atoms with Crippen LogP contribution in [0.1, 0.15) is 36.1 Å². The van der Waals surface area contributed by atoms with Crippen molar-refractivity contribution < 1.29 is 122 Å². The number of aryl methyl sites for hydroxylation is 2. The van der Waals surface area contributed by atoms with Gasteiger partial charge < -0.3 is 56.8 Å². The summed E-state index contributed by atoms with van der Waals surface area (Å²) in [4.78, 5) is 0. The Labute approximate surface area is 384 Å². The van der Waals surface area contributed by atoms with Crippen molar-refractivity contribution in [1.29, 1.82) is 0 Å². The molecule has 0 aliphatic carbocycles. The molecule has 4 aromatic rings. The third kappa shape index (κ3) is 15.1. The van der Waals surface area contributed by atoms with Crippen LogP contribution in [0.4, 0.5) is 0 Å². The Bertz CT molecular complexity index is 1640. The largest absolute Gasteiger partial charge is 0.550 e. The quantitative estimate of drug-likeness (QED) is 0.114. The Morgan fingerprint density at radius 2 is 0.696 bits per heavy atom. The number of hydrogen-bond acceptors (Lipinski definition) is 12. The minimum absolute atomic E-state index is 0. The van der Waals surface area contributed by atoms with Crippen molar-refractivity contribution in [3.63, 3.8) is 0 Å². The molecule has 306 valence electrons. The number of rotatable bonds is 14. The first-order valence-electron chi connectivity index (χ1n) is 16.8. The molecule has 4 aromatic carbocycles. The maximum atomic E-state index is 5.30. The first kappa shape index (κ1) is 54.5. The summed E-state index contributed by atoms with van der Waals surface area (Å²) >= 11 is 0. The molecule has 0 saturated heterocycles. The summed E-state index contributed by atoms with van der Waals surface area (Å²) in [5.74, 6) is 7.88. The monoisotopic (exact) mass is 932 g/mol. The van der Waals surface area contributed by atoms with Crippen molar-refractivity contribution >= 4 is 0 Å². The van der Waals surface area contributed by atoms with E-state index in [1.165, 1.54) is 5.56 Å². The van der Waals surface area contributed by atoms with E-state index in [2.05, 4.69) is 27.7 Å². The van der Waals surface area contributed by atoms with E-state index in [-0.39, 0.29) is 65.4 Å². The van der Waals surface area contributed by atoms with Crippen LogP contribution in [0.3, 0.4) is 0 Å². The zero-order valence-electron chi connectivity index (χ0n) is 35.5. The number of methoxy groups -OCH3 is 12. The summed E-state index contributed by atoms with van der Waals surface area (Å²) in [6, 6.07) is 15.0. The van der Waals surface area contributed by atoms with Gasteiger partial charge in [-0.3, -0.25) is 0 Å². The third-order valence-electron chi connectivity index (χ3n) is 7.81. The van der Waals surface area contributed by atoms with Gasteiger partial charge in [-0.2, -0.15) is 31.0 Å². The van der Waals surface area contributed by atoms with Crippen molar-refractivity contribution in [2.45, 2.75) is 26.7 Å². The van der Waals surface area contributed by atoms with Gasteiger partial charge in [-0.15, -0.1) is 12.1 Å². The second kappa shape index (κ2) is 29.6. The summed E-state index contributed by atoms with van der Waals surface area (Å²) in [7, 11) is 19.2. The predicted octanol–water partition coefficient (Wildman–Crippen LogP) is 8.33. The van der Waals surface area contributed by atoms with Gasteiger partial charge in [0.1, 0.15) is 23.0 Å². The van der Waals surface area contributed by atoms with Crippen LogP contribution in [-0.4, -0.2) is 85.3 Å². The molecule has 12 nitrogen and oxygen atoms in total. The van der Waals surface area contributed by atoms with E-state index >= 15 is 0 Å². The number of ether oxygens (including phenoxy) is 12. The van der Waals surface area contributed by atoms with Gasteiger partial charge in [0, 0.05) is 65.4 Å². The third-order valence-corrected chi connectivity index (χ3v) is 7.81. The summed E-state index contributed by atoms with van der Waals surface area (Å²) in [5.41, 5.74) is 3.89. The standard InChI is InChI=1S/2C11H16O3.2C10H13O3.2Y/c1-5-8-6-9(12-2)11(14-4)10(7-8)13-3;1-5-8-6-7-9(12-2)11(14-4)10(8)13-3;1-7-5-8(11-2)10(13-4)9(6-7)12-3;1-7-5-6-8(11-2)10(13-4)9(7)12-3;;/h2*6-7H,5H2,1-4H3;2*5-6H,1H2,2-4H3;;/q;;2*-1;;. The molecule has 14 heteroatoms. The van der Waals surface area contributed by atoms with Crippen LogP contribution < -0.4 is 56.8 Å². The molecule has 0 aliphatic heterocycles. The smallest absolute Gasteiger partial charge is 0.203 e. The molecule has 56 heavy (non-hydrogen) atoms. The molecule has 2 radical (unpaired) electrons. The van der Waals surface area contributed by atoms with Gasteiger partial charge in [0.2, 0.25) is 11.5 Å². The summed E-state index contributed by atoms with van der Waals surface area (Å²) in [6.07, 6.45) is 1.85. The first-order valence-corrected chi connectivity index (χ1v) is 16.8. The van der Waals surface area contributed by atoms with Gasteiger partial charge in [-0.05, 0) is 42.2 Å². The Morgan fingerprint density at radius 1 is 0.357 bits per heavy atom. The van der Waals surface area contributed by atoms with E-state index in [1.54, 1.807) is 104 Å². The summed E-state index contributed by atoms with van der Waals surface area (Å²) in [5, 5.41) is 0. The molecule has 4 rings (SSSR count). The molecule has 0 N–H and O–H groups in total. The van der Waals surface area contributed by atoms with Crippen molar-refractivity contribution in [2.24, 2.45) is 0 Å². The number of hydrogen-bond donors (Lipinski definition) is 0. The molecule has 0 heterocycles. The van der Waals surface area contributed by atoms with Crippen LogP contribution in [0, 0.1) is 13.8 Å². The fraction of sp³-hybridized carbons (Fsp3) is 0.381. The van der Waals surface area contributed by atoms with Crippen LogP contribution in [0.5, 0.6) is 69.0 Å². The minimum atomic E-state index is 0. The Kier molecular flexibility index (Phi) is 28.9. The van der Waals surface area contributed by atoms with E-state index in [1.807, 2.05) is 30.3 Å². The van der Waals surface area contributed by atoms with Crippen molar-refractivity contribution in [3.8, 4) is 69.0 Å².